The maximum atomic E-state index is 11.3. The molecule has 1 saturated carbocycles. The molecule has 2 atom stereocenters. The second-order valence-corrected chi connectivity index (χ2v) is 13.8. The van der Waals surface area contributed by atoms with Crippen molar-refractivity contribution in [2.75, 3.05) is 13.1 Å². The molecule has 1 fully saturated rings. The van der Waals surface area contributed by atoms with Gasteiger partial charge >= 0.3 is 11.9 Å². The van der Waals surface area contributed by atoms with Gasteiger partial charge in [0.15, 0.2) is 0 Å². The van der Waals surface area contributed by atoms with E-state index in [0.29, 0.717) is 13.0 Å². The Bertz CT molecular complexity index is 1360. The molecule has 0 bridgehead atoms. The number of nitrogens with zero attached hydrogens (tertiary/aromatic N) is 1. The summed E-state index contributed by atoms with van der Waals surface area (Å²) in [5.74, 6) is -1.68. The predicted molar refractivity (Wildman–Crippen MR) is 185 cm³/mol. The van der Waals surface area contributed by atoms with Crippen molar-refractivity contribution in [2.45, 2.75) is 103 Å². The Morgan fingerprint density at radius 2 is 1.46 bits per heavy atom. The van der Waals surface area contributed by atoms with Crippen LogP contribution in [-0.4, -0.2) is 46.2 Å². The van der Waals surface area contributed by atoms with E-state index in [-0.39, 0.29) is 23.5 Å². The van der Waals surface area contributed by atoms with Crippen LogP contribution in [0.4, 0.5) is 0 Å². The number of unbranched alkanes of at least 4 members (excludes halogenated alkanes) is 1. The minimum absolute atomic E-state index is 0.132. The number of carbonyl (C=O) groups is 2. The van der Waals surface area contributed by atoms with E-state index < -0.39 is 11.9 Å². The highest BCUT2D eigenvalue weighted by Crippen LogP contribution is 2.38. The lowest BCUT2D eigenvalue weighted by atomic mass is 9.75. The van der Waals surface area contributed by atoms with Gasteiger partial charge in [0.2, 0.25) is 0 Å². The third-order valence-corrected chi connectivity index (χ3v) is 9.65. The average molecular weight is 648 g/mol. The number of aromatic carboxylic acids is 1. The average Bonchev–Trinajstić information content (AvgIpc) is 3.04. The van der Waals surface area contributed by atoms with Gasteiger partial charge in [-0.05, 0) is 104 Å². The molecule has 0 saturated heterocycles. The molecule has 1 aliphatic carbocycles. The number of carboxylic acid groups (broad SMARTS) is 2. The number of hydrogen-bond acceptors (Lipinski definition) is 4. The summed E-state index contributed by atoms with van der Waals surface area (Å²) in [6.07, 6.45) is 12.4. The fraction of sp³-hybridized carbons (Fsp3) is 0.487. The van der Waals surface area contributed by atoms with Gasteiger partial charge in [-0.25, -0.2) is 4.79 Å². The molecule has 3 aromatic carbocycles. The molecule has 0 aliphatic heterocycles. The first kappa shape index (κ1) is 35.7. The quantitative estimate of drug-likeness (QED) is 0.160. The molecule has 248 valence electrons. The van der Waals surface area contributed by atoms with Gasteiger partial charge in [-0.1, -0.05) is 99.2 Å². The van der Waals surface area contributed by atoms with Crippen molar-refractivity contribution in [3.8, 4) is 11.1 Å². The fourth-order valence-corrected chi connectivity index (χ4v) is 6.67. The summed E-state index contributed by atoms with van der Waals surface area (Å²) in [6.45, 7) is 5.47. The highest BCUT2D eigenvalue weighted by molar-refractivity contribution is 6.30. The van der Waals surface area contributed by atoms with Crippen LogP contribution >= 0.6 is 11.6 Å². The highest BCUT2D eigenvalue weighted by Gasteiger charge is 2.29. The Morgan fingerprint density at radius 3 is 2.13 bits per heavy atom. The van der Waals surface area contributed by atoms with Crippen LogP contribution in [0.2, 0.25) is 5.02 Å². The maximum absolute atomic E-state index is 11.3. The molecule has 0 amide bonds. The number of benzene rings is 3. The topological polar surface area (TPSA) is 87.1 Å². The van der Waals surface area contributed by atoms with Crippen LogP contribution in [0, 0.1) is 5.41 Å². The van der Waals surface area contributed by atoms with E-state index in [9.17, 15) is 14.7 Å². The Morgan fingerprint density at radius 1 is 0.826 bits per heavy atom. The summed E-state index contributed by atoms with van der Waals surface area (Å²) in [4.78, 5) is 24.8. The molecule has 4 rings (SSSR count). The molecule has 7 heteroatoms. The van der Waals surface area contributed by atoms with Gasteiger partial charge in [0.1, 0.15) is 0 Å². The van der Waals surface area contributed by atoms with E-state index in [1.54, 1.807) is 12.1 Å². The summed E-state index contributed by atoms with van der Waals surface area (Å²) in [5, 5.41) is 19.2. The molecule has 0 heterocycles. The van der Waals surface area contributed by atoms with Gasteiger partial charge in [0.05, 0.1) is 18.3 Å². The zero-order chi connectivity index (χ0) is 32.8. The Kier molecular flexibility index (Phi) is 14.1. The summed E-state index contributed by atoms with van der Waals surface area (Å²) in [7, 11) is 0. The van der Waals surface area contributed by atoms with E-state index in [2.05, 4.69) is 36.1 Å². The lowest BCUT2D eigenvalue weighted by Crippen LogP contribution is -2.33. The standard InChI is InChI=1S/C39H50ClNO5/c1-39(24-26-41(25-8-6-10-37(42)43)28-30-11-17-34(18-12-30)38(44)45)23-7-4-2-3-5-9-36(27-39)46-29-31-13-15-32(16-14-31)33-19-21-35(40)22-20-33/h11-22,36H,2-10,23-29H2,1H3,(H,42,43)(H,44,45). The zero-order valence-electron chi connectivity index (χ0n) is 27.3. The lowest BCUT2D eigenvalue weighted by Gasteiger charge is -2.36. The summed E-state index contributed by atoms with van der Waals surface area (Å²) in [5.41, 5.74) is 4.98. The van der Waals surface area contributed by atoms with Crippen molar-refractivity contribution in [1.29, 1.82) is 0 Å². The number of hydrogen-bond donors (Lipinski definition) is 2. The maximum Gasteiger partial charge on any atom is 0.335 e. The van der Waals surface area contributed by atoms with Crippen molar-refractivity contribution >= 4 is 23.5 Å². The van der Waals surface area contributed by atoms with Crippen LogP contribution < -0.4 is 0 Å². The van der Waals surface area contributed by atoms with E-state index in [1.807, 2.05) is 36.4 Å². The summed E-state index contributed by atoms with van der Waals surface area (Å²) < 4.78 is 6.66. The van der Waals surface area contributed by atoms with Gasteiger partial charge in [-0.3, -0.25) is 9.69 Å². The van der Waals surface area contributed by atoms with Crippen molar-refractivity contribution < 1.29 is 24.5 Å². The SMILES string of the molecule is CC1(CCN(CCCCC(=O)O)Cc2ccc(C(=O)O)cc2)CCCCCCCC(OCc2ccc(-c3ccc(Cl)cc3)cc2)C1. The van der Waals surface area contributed by atoms with E-state index in [1.165, 1.54) is 44.1 Å². The molecule has 6 nitrogen and oxygen atoms in total. The molecule has 3 aromatic rings. The second kappa shape index (κ2) is 18.2. The van der Waals surface area contributed by atoms with Crippen LogP contribution in [0.1, 0.15) is 105 Å². The molecular formula is C39H50ClNO5. The van der Waals surface area contributed by atoms with Crippen LogP contribution in [0.3, 0.4) is 0 Å². The molecule has 1 aliphatic rings. The third-order valence-electron chi connectivity index (χ3n) is 9.40. The molecule has 0 radical (unpaired) electrons. The molecule has 0 aromatic heterocycles. The molecular weight excluding hydrogens is 598 g/mol. The van der Waals surface area contributed by atoms with Crippen molar-refractivity contribution in [3.05, 3.63) is 94.5 Å². The van der Waals surface area contributed by atoms with Gasteiger partial charge in [-0.15, -0.1) is 0 Å². The number of halogens is 1. The lowest BCUT2D eigenvalue weighted by molar-refractivity contribution is -0.137. The second-order valence-electron chi connectivity index (χ2n) is 13.3. The third kappa shape index (κ3) is 12.2. The Labute approximate surface area is 279 Å². The normalized spacial score (nSPS) is 19.2. The smallest absolute Gasteiger partial charge is 0.335 e. The van der Waals surface area contributed by atoms with Crippen LogP contribution in [0.15, 0.2) is 72.8 Å². The minimum atomic E-state index is -0.923. The van der Waals surface area contributed by atoms with Gasteiger partial charge < -0.3 is 14.9 Å². The molecule has 2 N–H and O–H groups in total. The number of carboxylic acids is 2. The first-order valence-electron chi connectivity index (χ1n) is 16.9. The Hall–Kier alpha value is -3.19. The monoisotopic (exact) mass is 647 g/mol. The fourth-order valence-electron chi connectivity index (χ4n) is 6.55. The number of aliphatic carboxylic acids is 1. The summed E-state index contributed by atoms with van der Waals surface area (Å²) in [6, 6.07) is 23.7. The van der Waals surface area contributed by atoms with Crippen molar-refractivity contribution in [3.63, 3.8) is 0 Å². The zero-order valence-corrected chi connectivity index (χ0v) is 28.0. The highest BCUT2D eigenvalue weighted by atomic mass is 35.5. The minimum Gasteiger partial charge on any atom is -0.481 e. The van der Waals surface area contributed by atoms with Gasteiger partial charge in [0, 0.05) is 18.0 Å². The number of rotatable bonds is 15. The molecule has 2 unspecified atom stereocenters. The first-order valence-corrected chi connectivity index (χ1v) is 17.3. The summed E-state index contributed by atoms with van der Waals surface area (Å²) >= 11 is 6.06. The van der Waals surface area contributed by atoms with Crippen molar-refractivity contribution in [1.82, 2.24) is 4.90 Å². The molecule has 46 heavy (non-hydrogen) atoms. The van der Waals surface area contributed by atoms with Gasteiger partial charge in [-0.2, -0.15) is 0 Å². The van der Waals surface area contributed by atoms with E-state index in [0.717, 1.165) is 67.0 Å². The van der Waals surface area contributed by atoms with E-state index >= 15 is 0 Å². The van der Waals surface area contributed by atoms with E-state index in [4.69, 9.17) is 21.4 Å². The van der Waals surface area contributed by atoms with Gasteiger partial charge in [0.25, 0.3) is 0 Å². The first-order chi connectivity index (χ1) is 22.2. The van der Waals surface area contributed by atoms with Crippen LogP contribution in [0.25, 0.3) is 11.1 Å². The van der Waals surface area contributed by atoms with Crippen LogP contribution in [-0.2, 0) is 22.7 Å². The largest absolute Gasteiger partial charge is 0.481 e. The predicted octanol–water partition coefficient (Wildman–Crippen LogP) is 9.88. The molecule has 0 spiro atoms. The number of ether oxygens (including phenoxy) is 1. The Balaban J connectivity index is 1.39. The van der Waals surface area contributed by atoms with Crippen LogP contribution in [0.5, 0.6) is 0 Å². The van der Waals surface area contributed by atoms with Crippen molar-refractivity contribution in [2.24, 2.45) is 5.41 Å².